The zero-order chi connectivity index (χ0) is 13.6. The van der Waals surface area contributed by atoms with Crippen molar-refractivity contribution in [2.24, 2.45) is 0 Å². The lowest BCUT2D eigenvalue weighted by molar-refractivity contribution is -0.146. The van der Waals surface area contributed by atoms with Crippen LogP contribution in [0.4, 0.5) is 13.2 Å². The maximum Gasteiger partial charge on any atom is 0.401 e. The molecule has 0 radical (unpaired) electrons. The largest absolute Gasteiger partial charge is 0.401 e. The molecule has 2 atom stereocenters. The molecule has 0 rings (SSSR count). The molecule has 5 heteroatoms. The summed E-state index contributed by atoms with van der Waals surface area (Å²) < 4.78 is 36.5. The Labute approximate surface area is 101 Å². The Kier molecular flexibility index (Phi) is 6.78. The van der Waals surface area contributed by atoms with Crippen LogP contribution in [0.2, 0.25) is 0 Å². The Bertz CT molecular complexity index is 238. The van der Waals surface area contributed by atoms with Crippen LogP contribution >= 0.6 is 0 Å². The second-order valence-electron chi connectivity index (χ2n) is 4.72. The van der Waals surface area contributed by atoms with E-state index in [1.165, 1.54) is 11.9 Å². The van der Waals surface area contributed by atoms with Crippen molar-refractivity contribution < 1.29 is 18.3 Å². The van der Waals surface area contributed by atoms with E-state index in [4.69, 9.17) is 5.11 Å². The van der Waals surface area contributed by atoms with Crippen LogP contribution in [0.5, 0.6) is 0 Å². The van der Waals surface area contributed by atoms with Crippen LogP contribution in [0.1, 0.15) is 33.1 Å². The van der Waals surface area contributed by atoms with Gasteiger partial charge in [0.15, 0.2) is 0 Å². The van der Waals surface area contributed by atoms with Crippen molar-refractivity contribution in [2.45, 2.75) is 51.4 Å². The first kappa shape index (κ1) is 16.4. The van der Waals surface area contributed by atoms with Gasteiger partial charge in [0, 0.05) is 6.04 Å². The van der Waals surface area contributed by atoms with Crippen LogP contribution in [0.25, 0.3) is 0 Å². The number of hydrogen-bond donors (Lipinski definition) is 1. The van der Waals surface area contributed by atoms with Crippen LogP contribution in [0.15, 0.2) is 12.2 Å². The van der Waals surface area contributed by atoms with E-state index in [1.807, 2.05) is 0 Å². The Balaban J connectivity index is 3.99. The average molecular weight is 253 g/mol. The van der Waals surface area contributed by atoms with Crippen LogP contribution in [-0.4, -0.2) is 41.9 Å². The number of aliphatic hydroxyl groups is 1. The Hall–Kier alpha value is -0.550. The van der Waals surface area contributed by atoms with Gasteiger partial charge in [-0.1, -0.05) is 12.2 Å². The first-order chi connectivity index (χ1) is 7.61. The Morgan fingerprint density at radius 3 is 2.29 bits per heavy atom. The molecule has 0 aromatic heterocycles. The van der Waals surface area contributed by atoms with Crippen molar-refractivity contribution >= 4 is 0 Å². The van der Waals surface area contributed by atoms with Gasteiger partial charge in [0.05, 0.1) is 12.6 Å². The Morgan fingerprint density at radius 1 is 1.35 bits per heavy atom. The van der Waals surface area contributed by atoms with E-state index in [2.05, 4.69) is 6.58 Å². The molecule has 0 aliphatic carbocycles. The highest BCUT2D eigenvalue weighted by Gasteiger charge is 2.30. The molecule has 0 bridgehead atoms. The SMILES string of the molecule is C=C(CCC(C)O)C[C@@H](C)N(C)CC(F)(F)F. The molecule has 0 amide bonds. The minimum atomic E-state index is -4.16. The monoisotopic (exact) mass is 253 g/mol. The van der Waals surface area contributed by atoms with Gasteiger partial charge >= 0.3 is 6.18 Å². The fourth-order valence-electron chi connectivity index (χ4n) is 1.53. The minimum absolute atomic E-state index is 0.196. The molecular weight excluding hydrogens is 231 g/mol. The van der Waals surface area contributed by atoms with Crippen LogP contribution in [0.3, 0.4) is 0 Å². The maximum absolute atomic E-state index is 12.2. The van der Waals surface area contributed by atoms with Crippen LogP contribution in [0, 0.1) is 0 Å². The van der Waals surface area contributed by atoms with Gasteiger partial charge < -0.3 is 5.11 Å². The van der Waals surface area contributed by atoms with Crippen LogP contribution < -0.4 is 0 Å². The fraction of sp³-hybridized carbons (Fsp3) is 0.833. The molecule has 0 saturated heterocycles. The minimum Gasteiger partial charge on any atom is -0.393 e. The summed E-state index contributed by atoms with van der Waals surface area (Å²) in [5, 5.41) is 9.10. The van der Waals surface area contributed by atoms with E-state index in [1.54, 1.807) is 13.8 Å². The summed E-state index contributed by atoms with van der Waals surface area (Å²) in [6.45, 7) is 6.36. The summed E-state index contributed by atoms with van der Waals surface area (Å²) in [7, 11) is 1.46. The van der Waals surface area contributed by atoms with Gasteiger partial charge in [-0.25, -0.2) is 0 Å². The van der Waals surface area contributed by atoms with E-state index in [-0.39, 0.29) is 6.04 Å². The lowest BCUT2D eigenvalue weighted by Crippen LogP contribution is -2.37. The van der Waals surface area contributed by atoms with Gasteiger partial charge in [-0.2, -0.15) is 13.2 Å². The molecule has 2 nitrogen and oxygen atoms in total. The van der Waals surface area contributed by atoms with Gasteiger partial charge in [0.25, 0.3) is 0 Å². The summed E-state index contributed by atoms with van der Waals surface area (Å²) in [6, 6.07) is -0.196. The van der Waals surface area contributed by atoms with Crippen molar-refractivity contribution in [1.82, 2.24) is 4.90 Å². The van der Waals surface area contributed by atoms with Crippen molar-refractivity contribution in [2.75, 3.05) is 13.6 Å². The second kappa shape index (κ2) is 7.01. The highest BCUT2D eigenvalue weighted by molar-refractivity contribution is 4.97. The van der Waals surface area contributed by atoms with Gasteiger partial charge in [0.2, 0.25) is 0 Å². The van der Waals surface area contributed by atoms with E-state index < -0.39 is 18.8 Å². The highest BCUT2D eigenvalue weighted by atomic mass is 19.4. The van der Waals surface area contributed by atoms with Crippen molar-refractivity contribution in [1.29, 1.82) is 0 Å². The summed E-state index contributed by atoms with van der Waals surface area (Å²) in [6.07, 6.45) is -2.77. The van der Waals surface area contributed by atoms with E-state index in [9.17, 15) is 13.2 Å². The van der Waals surface area contributed by atoms with Crippen molar-refractivity contribution in [3.8, 4) is 0 Å². The van der Waals surface area contributed by atoms with Crippen molar-refractivity contribution in [3.05, 3.63) is 12.2 Å². The molecule has 0 spiro atoms. The third-order valence-electron chi connectivity index (χ3n) is 2.68. The van der Waals surface area contributed by atoms with Gasteiger partial charge in [-0.15, -0.1) is 0 Å². The number of nitrogens with zero attached hydrogens (tertiary/aromatic N) is 1. The topological polar surface area (TPSA) is 23.5 Å². The lowest BCUT2D eigenvalue weighted by atomic mass is 10.0. The average Bonchev–Trinajstić information content (AvgIpc) is 2.11. The molecule has 0 aliphatic rings. The summed E-state index contributed by atoms with van der Waals surface area (Å²) in [4.78, 5) is 1.27. The molecule has 0 aromatic carbocycles. The first-order valence-corrected chi connectivity index (χ1v) is 5.73. The molecule has 17 heavy (non-hydrogen) atoms. The van der Waals surface area contributed by atoms with Gasteiger partial charge in [-0.3, -0.25) is 4.90 Å². The Morgan fingerprint density at radius 2 is 1.88 bits per heavy atom. The normalized spacial score (nSPS) is 16.0. The lowest BCUT2D eigenvalue weighted by Gasteiger charge is -2.26. The number of hydrogen-bond acceptors (Lipinski definition) is 2. The summed E-state index contributed by atoms with van der Waals surface area (Å²) >= 11 is 0. The first-order valence-electron chi connectivity index (χ1n) is 5.73. The zero-order valence-corrected chi connectivity index (χ0v) is 10.7. The van der Waals surface area contributed by atoms with Gasteiger partial charge in [0.1, 0.15) is 0 Å². The van der Waals surface area contributed by atoms with E-state index in [0.717, 1.165) is 5.57 Å². The molecule has 1 unspecified atom stereocenters. The number of halogens is 3. The predicted molar refractivity (Wildman–Crippen MR) is 62.8 cm³/mol. The van der Waals surface area contributed by atoms with Crippen LogP contribution in [-0.2, 0) is 0 Å². The molecule has 0 saturated carbocycles. The van der Waals surface area contributed by atoms with Crippen molar-refractivity contribution in [3.63, 3.8) is 0 Å². The third-order valence-corrected chi connectivity index (χ3v) is 2.68. The third kappa shape index (κ3) is 9.18. The molecule has 0 fully saturated rings. The molecule has 102 valence electrons. The standard InChI is InChI=1S/C12H22F3NO/c1-9(5-6-11(3)17)7-10(2)16(4)8-12(13,14)15/h10-11,17H,1,5-8H2,2-4H3/t10-,11?/m1/s1. The van der Waals surface area contributed by atoms with E-state index in [0.29, 0.717) is 19.3 Å². The fourth-order valence-corrected chi connectivity index (χ4v) is 1.53. The molecule has 0 aliphatic heterocycles. The molecule has 0 aromatic rings. The zero-order valence-electron chi connectivity index (χ0n) is 10.7. The number of alkyl halides is 3. The second-order valence-corrected chi connectivity index (χ2v) is 4.72. The van der Waals surface area contributed by atoms with E-state index >= 15 is 0 Å². The summed E-state index contributed by atoms with van der Waals surface area (Å²) in [5.74, 6) is 0. The number of aliphatic hydroxyl groups excluding tert-OH is 1. The maximum atomic E-state index is 12.2. The number of rotatable bonds is 7. The van der Waals surface area contributed by atoms with Gasteiger partial charge in [-0.05, 0) is 40.2 Å². The quantitative estimate of drug-likeness (QED) is 0.705. The predicted octanol–water partition coefficient (Wildman–Crippen LogP) is 2.98. The smallest absolute Gasteiger partial charge is 0.393 e. The molecule has 0 heterocycles. The molecular formula is C12H22F3NO. The summed E-state index contributed by atoms with van der Waals surface area (Å²) in [5.41, 5.74) is 0.882. The highest BCUT2D eigenvalue weighted by Crippen LogP contribution is 2.20. The molecule has 1 N–H and O–H groups in total.